The van der Waals surface area contributed by atoms with Crippen molar-refractivity contribution in [2.24, 2.45) is 0 Å². The molecule has 0 aliphatic heterocycles. The minimum Gasteiger partial charge on any atom is -0.381 e. The van der Waals surface area contributed by atoms with Crippen molar-refractivity contribution < 1.29 is 9.59 Å². The predicted octanol–water partition coefficient (Wildman–Crippen LogP) is 3.54. The summed E-state index contributed by atoms with van der Waals surface area (Å²) in [5.41, 5.74) is 3.34. The van der Waals surface area contributed by atoms with E-state index in [9.17, 15) is 9.59 Å². The number of ketones is 1. The Kier molecular flexibility index (Phi) is 5.34. The van der Waals surface area contributed by atoms with E-state index in [0.29, 0.717) is 23.5 Å². The molecule has 2 N–H and O–H groups in total. The molecule has 0 unspecified atom stereocenters. The third kappa shape index (κ3) is 4.51. The highest BCUT2D eigenvalue weighted by Gasteiger charge is 2.09. The summed E-state index contributed by atoms with van der Waals surface area (Å²) in [6, 6.07) is 14.1. The van der Waals surface area contributed by atoms with Gasteiger partial charge < -0.3 is 10.6 Å². The van der Waals surface area contributed by atoms with Crippen molar-refractivity contribution >= 4 is 23.1 Å². The molecule has 0 fully saturated rings. The van der Waals surface area contributed by atoms with Gasteiger partial charge in [0.05, 0.1) is 0 Å². The largest absolute Gasteiger partial charge is 0.381 e. The molecule has 6 heteroatoms. The van der Waals surface area contributed by atoms with Gasteiger partial charge in [0, 0.05) is 42.1 Å². The maximum absolute atomic E-state index is 12.4. The molecule has 2 heterocycles. The van der Waals surface area contributed by atoms with Crippen LogP contribution in [0.15, 0.2) is 67.1 Å². The number of Topliss-reactive ketones (excluding diaryl/α,β-unsaturated/α-hetero) is 1. The molecular weight excluding hydrogens is 328 g/mol. The maximum Gasteiger partial charge on any atom is 0.274 e. The molecular formula is C20H18N4O2. The number of benzene rings is 1. The van der Waals surface area contributed by atoms with Gasteiger partial charge in [0.1, 0.15) is 5.69 Å². The third-order valence-corrected chi connectivity index (χ3v) is 3.76. The molecule has 0 atom stereocenters. The molecule has 0 aliphatic carbocycles. The number of nitrogens with zero attached hydrogens (tertiary/aromatic N) is 2. The first-order valence-electron chi connectivity index (χ1n) is 8.13. The molecule has 0 spiro atoms. The van der Waals surface area contributed by atoms with E-state index in [1.807, 2.05) is 12.1 Å². The Morgan fingerprint density at radius 2 is 1.81 bits per heavy atom. The van der Waals surface area contributed by atoms with Crippen LogP contribution in [0.2, 0.25) is 0 Å². The molecule has 6 nitrogen and oxygen atoms in total. The zero-order valence-electron chi connectivity index (χ0n) is 14.3. The SMILES string of the molecule is CC(=O)c1ccc(NC(=O)c2cc(NCc3cccnc3)ccn2)cc1. The Labute approximate surface area is 151 Å². The molecule has 0 bridgehead atoms. The molecule has 1 amide bonds. The van der Waals surface area contributed by atoms with Gasteiger partial charge in [-0.05, 0) is 55.0 Å². The second-order valence-electron chi connectivity index (χ2n) is 5.73. The molecule has 26 heavy (non-hydrogen) atoms. The van der Waals surface area contributed by atoms with Gasteiger partial charge in [-0.25, -0.2) is 0 Å². The fourth-order valence-corrected chi connectivity index (χ4v) is 2.35. The molecule has 1 aromatic carbocycles. The lowest BCUT2D eigenvalue weighted by Crippen LogP contribution is -2.14. The number of carbonyl (C=O) groups excluding carboxylic acids is 2. The first kappa shape index (κ1) is 17.3. The summed E-state index contributed by atoms with van der Waals surface area (Å²) in [6.45, 7) is 2.10. The maximum atomic E-state index is 12.4. The van der Waals surface area contributed by atoms with Crippen LogP contribution in [-0.2, 0) is 6.54 Å². The second-order valence-corrected chi connectivity index (χ2v) is 5.73. The van der Waals surface area contributed by atoms with Crippen molar-refractivity contribution in [2.75, 3.05) is 10.6 Å². The molecule has 0 aliphatic rings. The quantitative estimate of drug-likeness (QED) is 0.667. The number of carbonyl (C=O) groups is 2. The first-order chi connectivity index (χ1) is 12.6. The van der Waals surface area contributed by atoms with Gasteiger partial charge in [0.15, 0.2) is 5.78 Å². The zero-order valence-corrected chi connectivity index (χ0v) is 14.3. The van der Waals surface area contributed by atoms with E-state index in [2.05, 4.69) is 20.6 Å². The molecule has 130 valence electrons. The summed E-state index contributed by atoms with van der Waals surface area (Å²) in [7, 11) is 0. The van der Waals surface area contributed by atoms with Crippen molar-refractivity contribution in [3.63, 3.8) is 0 Å². The van der Waals surface area contributed by atoms with Crippen LogP contribution in [0.1, 0.15) is 33.3 Å². The van der Waals surface area contributed by atoms with Crippen molar-refractivity contribution in [1.29, 1.82) is 0 Å². The number of amides is 1. The van der Waals surface area contributed by atoms with Crippen LogP contribution in [0.4, 0.5) is 11.4 Å². The number of aromatic nitrogens is 2. The summed E-state index contributed by atoms with van der Waals surface area (Å²) in [5, 5.41) is 6.02. The molecule has 0 saturated heterocycles. The van der Waals surface area contributed by atoms with Crippen molar-refractivity contribution in [3.8, 4) is 0 Å². The van der Waals surface area contributed by atoms with E-state index in [-0.39, 0.29) is 11.7 Å². The predicted molar refractivity (Wildman–Crippen MR) is 100 cm³/mol. The van der Waals surface area contributed by atoms with Gasteiger partial charge in [-0.2, -0.15) is 0 Å². The summed E-state index contributed by atoms with van der Waals surface area (Å²) in [5.74, 6) is -0.331. The monoisotopic (exact) mass is 346 g/mol. The highest BCUT2D eigenvalue weighted by Crippen LogP contribution is 2.14. The summed E-state index contributed by atoms with van der Waals surface area (Å²) >= 11 is 0. The number of nitrogens with one attached hydrogen (secondary N) is 2. The van der Waals surface area contributed by atoms with Gasteiger partial charge in [0.2, 0.25) is 0 Å². The van der Waals surface area contributed by atoms with E-state index >= 15 is 0 Å². The van der Waals surface area contributed by atoms with E-state index in [1.54, 1.807) is 55.0 Å². The third-order valence-electron chi connectivity index (χ3n) is 3.76. The Bertz CT molecular complexity index is 909. The molecule has 0 radical (unpaired) electrons. The molecule has 3 aromatic rings. The number of rotatable bonds is 6. The lowest BCUT2D eigenvalue weighted by Gasteiger charge is -2.09. The highest BCUT2D eigenvalue weighted by atomic mass is 16.2. The van der Waals surface area contributed by atoms with Crippen molar-refractivity contribution in [1.82, 2.24) is 9.97 Å². The summed E-state index contributed by atoms with van der Waals surface area (Å²) in [6.07, 6.45) is 5.09. The lowest BCUT2D eigenvalue weighted by molar-refractivity contribution is 0.101. The number of anilines is 2. The van der Waals surface area contributed by atoms with Crippen LogP contribution in [0.5, 0.6) is 0 Å². The normalized spacial score (nSPS) is 10.2. The first-order valence-corrected chi connectivity index (χ1v) is 8.13. The Hall–Kier alpha value is -3.54. The Morgan fingerprint density at radius 3 is 2.50 bits per heavy atom. The molecule has 0 saturated carbocycles. The number of hydrogen-bond acceptors (Lipinski definition) is 5. The van der Waals surface area contributed by atoms with Crippen molar-refractivity contribution in [2.45, 2.75) is 13.5 Å². The second kappa shape index (κ2) is 8.02. The van der Waals surface area contributed by atoms with Crippen LogP contribution in [0.25, 0.3) is 0 Å². The van der Waals surface area contributed by atoms with Gasteiger partial charge in [-0.1, -0.05) is 6.07 Å². The average molecular weight is 346 g/mol. The lowest BCUT2D eigenvalue weighted by atomic mass is 10.1. The van der Waals surface area contributed by atoms with Crippen LogP contribution < -0.4 is 10.6 Å². The van der Waals surface area contributed by atoms with Crippen LogP contribution in [-0.4, -0.2) is 21.7 Å². The number of pyridine rings is 2. The molecule has 3 rings (SSSR count). The van der Waals surface area contributed by atoms with Crippen LogP contribution in [0.3, 0.4) is 0 Å². The van der Waals surface area contributed by atoms with E-state index in [1.165, 1.54) is 6.92 Å². The van der Waals surface area contributed by atoms with E-state index in [0.717, 1.165) is 11.3 Å². The smallest absolute Gasteiger partial charge is 0.274 e. The van der Waals surface area contributed by atoms with Gasteiger partial charge >= 0.3 is 0 Å². The fourth-order valence-electron chi connectivity index (χ4n) is 2.35. The van der Waals surface area contributed by atoms with Gasteiger partial charge in [0.25, 0.3) is 5.91 Å². The Morgan fingerprint density at radius 1 is 1.00 bits per heavy atom. The van der Waals surface area contributed by atoms with Crippen molar-refractivity contribution in [3.05, 3.63) is 83.9 Å². The van der Waals surface area contributed by atoms with Crippen LogP contribution >= 0.6 is 0 Å². The summed E-state index contributed by atoms with van der Waals surface area (Å²) in [4.78, 5) is 31.9. The van der Waals surface area contributed by atoms with Gasteiger partial charge in [-0.15, -0.1) is 0 Å². The zero-order chi connectivity index (χ0) is 18.4. The average Bonchev–Trinajstić information content (AvgIpc) is 2.68. The van der Waals surface area contributed by atoms with Gasteiger partial charge in [-0.3, -0.25) is 19.6 Å². The standard InChI is InChI=1S/C20H18N4O2/c1-14(25)16-4-6-17(7-5-16)24-20(26)19-11-18(8-10-22-19)23-13-15-3-2-9-21-12-15/h2-12H,13H2,1H3,(H,22,23)(H,24,26). The highest BCUT2D eigenvalue weighted by molar-refractivity contribution is 6.03. The Balaban J connectivity index is 1.65. The fraction of sp³-hybridized carbons (Fsp3) is 0.100. The minimum absolute atomic E-state index is 0.0167. The summed E-state index contributed by atoms with van der Waals surface area (Å²) < 4.78 is 0. The minimum atomic E-state index is -0.314. The topological polar surface area (TPSA) is 84.0 Å². The van der Waals surface area contributed by atoms with Crippen LogP contribution in [0, 0.1) is 0 Å². The molecule has 2 aromatic heterocycles. The van der Waals surface area contributed by atoms with E-state index in [4.69, 9.17) is 0 Å². The van der Waals surface area contributed by atoms with E-state index < -0.39 is 0 Å². The number of hydrogen-bond donors (Lipinski definition) is 2.